The molecule has 0 aliphatic rings. The first-order chi connectivity index (χ1) is 6.41. The number of carbonyl (C=O) groups is 1. The van der Waals surface area contributed by atoms with E-state index in [0.29, 0.717) is 0 Å². The van der Waals surface area contributed by atoms with Gasteiger partial charge in [-0.15, -0.1) is 0 Å². The van der Waals surface area contributed by atoms with Gasteiger partial charge in [0, 0.05) is 6.42 Å². The molecule has 0 aliphatic carbocycles. The van der Waals surface area contributed by atoms with Crippen LogP contribution in [0.15, 0.2) is 12.2 Å². The molecule has 0 N–H and O–H groups in total. The summed E-state index contributed by atoms with van der Waals surface area (Å²) in [4.78, 5) is 10.0. The molecule has 0 saturated carbocycles. The first-order valence-electron chi connectivity index (χ1n) is 5.50. The number of hydrogen-bond acceptors (Lipinski definition) is 1. The lowest BCUT2D eigenvalue weighted by molar-refractivity contribution is -0.107. The molecule has 13 heavy (non-hydrogen) atoms. The van der Waals surface area contributed by atoms with Crippen LogP contribution < -0.4 is 0 Å². The molecular weight excluding hydrogens is 160 g/mol. The number of rotatable bonds is 9. The van der Waals surface area contributed by atoms with Crippen molar-refractivity contribution in [2.24, 2.45) is 0 Å². The second kappa shape index (κ2) is 11.4. The summed E-state index contributed by atoms with van der Waals surface area (Å²) in [6.45, 7) is 2.20. The molecule has 0 saturated heterocycles. The maximum atomic E-state index is 10.0. The molecule has 0 spiro atoms. The Labute approximate surface area is 82.2 Å². The summed E-state index contributed by atoms with van der Waals surface area (Å²) in [5, 5.41) is 0. The van der Waals surface area contributed by atoms with Crippen LogP contribution in [-0.2, 0) is 4.79 Å². The van der Waals surface area contributed by atoms with E-state index in [2.05, 4.69) is 19.1 Å². The van der Waals surface area contributed by atoms with Crippen LogP contribution in [0.1, 0.15) is 58.3 Å². The van der Waals surface area contributed by atoms with Crippen molar-refractivity contribution in [2.45, 2.75) is 58.3 Å². The van der Waals surface area contributed by atoms with Gasteiger partial charge in [-0.2, -0.15) is 0 Å². The Bertz CT molecular complexity index is 127. The molecule has 0 aromatic rings. The summed E-state index contributed by atoms with van der Waals surface area (Å²) in [6.07, 6.45) is 14.8. The average molecular weight is 182 g/mol. The number of unbranched alkanes of at least 4 members (excludes halogenated alkanes) is 6. The van der Waals surface area contributed by atoms with Gasteiger partial charge >= 0.3 is 0 Å². The minimum absolute atomic E-state index is 0.742. The Kier molecular flexibility index (Phi) is 10.9. The van der Waals surface area contributed by atoms with Crippen LogP contribution in [0.5, 0.6) is 0 Å². The predicted octanol–water partition coefficient (Wildman–Crippen LogP) is 3.88. The van der Waals surface area contributed by atoms with Gasteiger partial charge in [-0.25, -0.2) is 0 Å². The number of aldehydes is 1. The molecule has 0 radical (unpaired) electrons. The Morgan fingerprint density at radius 3 is 2.08 bits per heavy atom. The maximum absolute atomic E-state index is 10.0. The van der Waals surface area contributed by atoms with E-state index in [1.165, 1.54) is 38.5 Å². The van der Waals surface area contributed by atoms with Gasteiger partial charge in [-0.3, -0.25) is 0 Å². The molecule has 0 aliphatic heterocycles. The van der Waals surface area contributed by atoms with Crippen molar-refractivity contribution in [3.63, 3.8) is 0 Å². The summed E-state index contributed by atoms with van der Waals surface area (Å²) in [6, 6.07) is 0. The first-order valence-corrected chi connectivity index (χ1v) is 5.50. The normalized spacial score (nSPS) is 10.8. The third-order valence-corrected chi connectivity index (χ3v) is 2.06. The van der Waals surface area contributed by atoms with Crippen molar-refractivity contribution < 1.29 is 4.79 Å². The quantitative estimate of drug-likeness (QED) is 0.300. The van der Waals surface area contributed by atoms with Crippen molar-refractivity contribution in [1.29, 1.82) is 0 Å². The zero-order chi connectivity index (χ0) is 9.78. The van der Waals surface area contributed by atoms with Crippen molar-refractivity contribution >= 4 is 6.29 Å². The number of allylic oxidation sites excluding steroid dienone is 2. The van der Waals surface area contributed by atoms with Crippen LogP contribution >= 0.6 is 0 Å². The zero-order valence-corrected chi connectivity index (χ0v) is 8.80. The molecular formula is C12H22O. The summed E-state index contributed by atoms with van der Waals surface area (Å²) in [5.74, 6) is 0. The summed E-state index contributed by atoms with van der Waals surface area (Å²) in [7, 11) is 0. The Hall–Kier alpha value is -0.590. The average Bonchev–Trinajstić information content (AvgIpc) is 2.16. The van der Waals surface area contributed by atoms with Crippen molar-refractivity contribution in [1.82, 2.24) is 0 Å². The smallest absolute Gasteiger partial charge is 0.119 e. The summed E-state index contributed by atoms with van der Waals surface area (Å²) >= 11 is 0. The Morgan fingerprint density at radius 2 is 1.46 bits per heavy atom. The standard InChI is InChI=1S/C12H22O/c1-2-3-4-5-6-7-8-9-10-11-12-13/h4-5,12H,2-3,6-11H2,1H3/b5-4+. The van der Waals surface area contributed by atoms with E-state index in [1.54, 1.807) is 0 Å². The number of carbonyl (C=O) groups excluding carboxylic acids is 1. The summed E-state index contributed by atoms with van der Waals surface area (Å²) in [5.41, 5.74) is 0. The fraction of sp³-hybridized carbons (Fsp3) is 0.750. The van der Waals surface area contributed by atoms with Gasteiger partial charge in [0.05, 0.1) is 0 Å². The van der Waals surface area contributed by atoms with E-state index >= 15 is 0 Å². The molecule has 0 heterocycles. The third kappa shape index (κ3) is 11.4. The summed E-state index contributed by atoms with van der Waals surface area (Å²) < 4.78 is 0. The van der Waals surface area contributed by atoms with E-state index in [9.17, 15) is 4.79 Å². The van der Waals surface area contributed by atoms with Crippen molar-refractivity contribution in [2.75, 3.05) is 0 Å². The molecule has 0 aromatic carbocycles. The first kappa shape index (κ1) is 12.4. The van der Waals surface area contributed by atoms with E-state index < -0.39 is 0 Å². The SMILES string of the molecule is CCC/C=C/CCCCCCC=O. The molecule has 1 heteroatoms. The Morgan fingerprint density at radius 1 is 0.846 bits per heavy atom. The van der Waals surface area contributed by atoms with Gasteiger partial charge in [-0.05, 0) is 25.7 Å². The predicted molar refractivity (Wildman–Crippen MR) is 57.8 cm³/mol. The van der Waals surface area contributed by atoms with E-state index in [4.69, 9.17) is 0 Å². The van der Waals surface area contributed by atoms with Gasteiger partial charge in [0.25, 0.3) is 0 Å². The fourth-order valence-corrected chi connectivity index (χ4v) is 1.25. The zero-order valence-electron chi connectivity index (χ0n) is 8.80. The van der Waals surface area contributed by atoms with Crippen molar-refractivity contribution in [3.05, 3.63) is 12.2 Å². The minimum Gasteiger partial charge on any atom is -0.303 e. The molecule has 0 rings (SSSR count). The molecule has 0 amide bonds. The van der Waals surface area contributed by atoms with Gasteiger partial charge in [0.15, 0.2) is 0 Å². The molecule has 0 bridgehead atoms. The van der Waals surface area contributed by atoms with Crippen LogP contribution in [-0.4, -0.2) is 6.29 Å². The van der Waals surface area contributed by atoms with Crippen LogP contribution in [0.25, 0.3) is 0 Å². The molecule has 1 nitrogen and oxygen atoms in total. The molecule has 0 fully saturated rings. The number of hydrogen-bond donors (Lipinski definition) is 0. The molecule has 76 valence electrons. The second-order valence-corrected chi connectivity index (χ2v) is 3.42. The van der Waals surface area contributed by atoms with Crippen LogP contribution in [0, 0.1) is 0 Å². The second-order valence-electron chi connectivity index (χ2n) is 3.42. The van der Waals surface area contributed by atoms with Crippen LogP contribution in [0.3, 0.4) is 0 Å². The van der Waals surface area contributed by atoms with E-state index in [-0.39, 0.29) is 0 Å². The maximum Gasteiger partial charge on any atom is 0.119 e. The molecule has 0 atom stereocenters. The highest BCUT2D eigenvalue weighted by atomic mass is 16.1. The lowest BCUT2D eigenvalue weighted by Gasteiger charge is -1.95. The van der Waals surface area contributed by atoms with Crippen molar-refractivity contribution in [3.8, 4) is 0 Å². The van der Waals surface area contributed by atoms with Crippen LogP contribution in [0.4, 0.5) is 0 Å². The minimum atomic E-state index is 0.742. The molecule has 0 aromatic heterocycles. The highest BCUT2D eigenvalue weighted by Gasteiger charge is 1.87. The third-order valence-electron chi connectivity index (χ3n) is 2.06. The van der Waals surface area contributed by atoms with Crippen LogP contribution in [0.2, 0.25) is 0 Å². The topological polar surface area (TPSA) is 17.1 Å². The van der Waals surface area contributed by atoms with Gasteiger partial charge in [0.2, 0.25) is 0 Å². The van der Waals surface area contributed by atoms with E-state index in [1.807, 2.05) is 0 Å². The fourth-order valence-electron chi connectivity index (χ4n) is 1.25. The van der Waals surface area contributed by atoms with E-state index in [0.717, 1.165) is 19.1 Å². The van der Waals surface area contributed by atoms with Gasteiger partial charge in [0.1, 0.15) is 6.29 Å². The highest BCUT2D eigenvalue weighted by molar-refractivity contribution is 5.48. The lowest BCUT2D eigenvalue weighted by Crippen LogP contribution is -1.79. The molecule has 0 unspecified atom stereocenters. The monoisotopic (exact) mass is 182 g/mol. The Balaban J connectivity index is 2.94. The lowest BCUT2D eigenvalue weighted by atomic mass is 10.1. The highest BCUT2D eigenvalue weighted by Crippen LogP contribution is 2.05. The van der Waals surface area contributed by atoms with Gasteiger partial charge < -0.3 is 4.79 Å². The van der Waals surface area contributed by atoms with Gasteiger partial charge in [-0.1, -0.05) is 38.3 Å². The largest absolute Gasteiger partial charge is 0.303 e.